The second-order valence-electron chi connectivity index (χ2n) is 16.7. The summed E-state index contributed by atoms with van der Waals surface area (Å²) in [5.74, 6) is 2.52. The average Bonchev–Trinajstić information content (AvgIpc) is 3.21. The lowest BCUT2D eigenvalue weighted by Crippen LogP contribution is -2.66. The maximum Gasteiger partial charge on any atom is 0.303 e. The van der Waals surface area contributed by atoms with E-state index in [0.29, 0.717) is 35.3 Å². The topological polar surface area (TPSA) is 52.6 Å². The Morgan fingerprint density at radius 1 is 0.683 bits per heavy atom. The van der Waals surface area contributed by atoms with Gasteiger partial charge < -0.3 is 18.4 Å². The van der Waals surface area contributed by atoms with Crippen LogP contribution in [0.2, 0.25) is 0 Å². The number of rotatable bonds is 4. The fourth-order valence-electron chi connectivity index (χ4n) is 12.3. The molecule has 0 spiro atoms. The normalized spacial score (nSPS) is 46.9. The summed E-state index contributed by atoms with van der Waals surface area (Å²) in [4.78, 5) is 24.8. The van der Waals surface area contributed by atoms with Crippen LogP contribution in [0.5, 0.6) is 0 Å². The van der Waals surface area contributed by atoms with Gasteiger partial charge in [0.2, 0.25) is 0 Å². The lowest BCUT2D eigenvalue weighted by molar-refractivity contribution is -0.943. The molecule has 0 aromatic rings. The number of carbonyl (C=O) groups excluding carboxylic acids is 2. The van der Waals surface area contributed by atoms with Crippen LogP contribution in [-0.4, -0.2) is 85.5 Å². The molecule has 0 radical (unpaired) electrons. The lowest BCUT2D eigenvalue weighted by atomic mass is 9.44. The number of hydrogen-bond donors (Lipinski definition) is 0. The van der Waals surface area contributed by atoms with E-state index in [2.05, 4.69) is 27.9 Å². The van der Waals surface area contributed by atoms with Gasteiger partial charge in [0.15, 0.2) is 12.2 Å². The predicted molar refractivity (Wildman–Crippen MR) is 161 cm³/mol. The van der Waals surface area contributed by atoms with Gasteiger partial charge in [-0.2, -0.15) is 0 Å². The molecule has 6 heteroatoms. The van der Waals surface area contributed by atoms with Gasteiger partial charge in [-0.05, 0) is 99.7 Å². The Labute approximate surface area is 250 Å². The summed E-state index contributed by atoms with van der Waals surface area (Å²) >= 11 is 0. The number of ether oxygens (including phenoxy) is 2. The van der Waals surface area contributed by atoms with Gasteiger partial charge in [-0.15, -0.1) is 0 Å². The monoisotopic (exact) mass is 572 g/mol. The van der Waals surface area contributed by atoms with E-state index in [0.717, 1.165) is 21.3 Å². The highest BCUT2D eigenvalue weighted by atomic mass is 16.5. The molecule has 4 saturated carbocycles. The number of nitrogens with zero attached hydrogens (tertiary/aromatic N) is 2. The van der Waals surface area contributed by atoms with Crippen LogP contribution in [0.15, 0.2) is 0 Å². The van der Waals surface area contributed by atoms with Crippen molar-refractivity contribution >= 4 is 11.9 Å². The minimum absolute atomic E-state index is 0.0462. The first-order valence-corrected chi connectivity index (χ1v) is 17.4. The van der Waals surface area contributed by atoms with Crippen LogP contribution in [0.4, 0.5) is 0 Å². The molecule has 0 aromatic carbocycles. The molecule has 10 atom stereocenters. The molecule has 0 aromatic heterocycles. The summed E-state index contributed by atoms with van der Waals surface area (Å²) in [5, 5.41) is 0. The van der Waals surface area contributed by atoms with Gasteiger partial charge >= 0.3 is 11.9 Å². The van der Waals surface area contributed by atoms with E-state index in [1.807, 2.05) is 0 Å². The fourth-order valence-corrected chi connectivity index (χ4v) is 12.3. The first-order valence-electron chi connectivity index (χ1n) is 17.4. The molecule has 2 heterocycles. The molecule has 2 aliphatic heterocycles. The van der Waals surface area contributed by atoms with Crippen molar-refractivity contribution in [2.75, 3.05) is 40.3 Å². The number of likely N-dealkylation sites (tertiary alicyclic amines) is 2. The molecular formula is C35H60N2O4+2. The molecule has 0 amide bonds. The Morgan fingerprint density at radius 2 is 1.27 bits per heavy atom. The van der Waals surface area contributed by atoms with Crippen LogP contribution < -0.4 is 0 Å². The molecule has 232 valence electrons. The Kier molecular flexibility index (Phi) is 7.87. The van der Waals surface area contributed by atoms with Crippen LogP contribution in [0.25, 0.3) is 0 Å². The zero-order chi connectivity index (χ0) is 29.2. The van der Waals surface area contributed by atoms with E-state index in [9.17, 15) is 9.59 Å². The molecule has 2 saturated heterocycles. The minimum Gasteiger partial charge on any atom is -0.456 e. The van der Waals surface area contributed by atoms with Crippen LogP contribution in [0.1, 0.15) is 111 Å². The minimum atomic E-state index is -0.0998. The average molecular weight is 573 g/mol. The highest BCUT2D eigenvalue weighted by Gasteiger charge is 2.68. The van der Waals surface area contributed by atoms with Crippen molar-refractivity contribution in [1.82, 2.24) is 0 Å². The van der Waals surface area contributed by atoms with Crippen molar-refractivity contribution in [2.45, 2.75) is 135 Å². The van der Waals surface area contributed by atoms with Crippen LogP contribution in [0.3, 0.4) is 0 Å². The lowest BCUT2D eigenvalue weighted by Gasteiger charge is -2.63. The Balaban J connectivity index is 1.31. The zero-order valence-electron chi connectivity index (χ0n) is 27.2. The SMILES string of the molecule is CC(=O)O[C@H]1C[C@@H]2CC[C@@H]3[C@H](CC[C@@]4(C)[C@H]3C[C@H]([N+]3(C)CCCCC3)[C@@H]4OC(C)=O)[C@@]2(C)CC1[N+]1(C)CCCCC1. The maximum atomic E-state index is 12.5. The maximum absolute atomic E-state index is 12.5. The molecule has 6 aliphatic rings. The summed E-state index contributed by atoms with van der Waals surface area (Å²) in [7, 11) is 4.94. The second-order valence-corrected chi connectivity index (χ2v) is 16.7. The van der Waals surface area contributed by atoms with Gasteiger partial charge in [0.05, 0.1) is 40.3 Å². The van der Waals surface area contributed by atoms with Crippen LogP contribution >= 0.6 is 0 Å². The largest absolute Gasteiger partial charge is 0.456 e. The summed E-state index contributed by atoms with van der Waals surface area (Å²) < 4.78 is 14.7. The van der Waals surface area contributed by atoms with Crippen LogP contribution in [-0.2, 0) is 19.1 Å². The number of hydrogen-bond acceptors (Lipinski definition) is 4. The highest BCUT2D eigenvalue weighted by Crippen LogP contribution is 2.68. The Bertz CT molecular complexity index is 1000. The van der Waals surface area contributed by atoms with Crippen molar-refractivity contribution in [3.8, 4) is 0 Å². The van der Waals surface area contributed by atoms with E-state index < -0.39 is 0 Å². The van der Waals surface area contributed by atoms with E-state index >= 15 is 0 Å². The summed E-state index contributed by atoms with van der Waals surface area (Å²) in [6.45, 7) is 13.3. The van der Waals surface area contributed by atoms with Gasteiger partial charge in [-0.25, -0.2) is 0 Å². The number of likely N-dealkylation sites (N-methyl/N-ethyl adjacent to an activating group) is 2. The quantitative estimate of drug-likeness (QED) is 0.301. The molecule has 0 bridgehead atoms. The summed E-state index contributed by atoms with van der Waals surface area (Å²) in [6.07, 6.45) is 16.4. The standard InChI is InChI=1S/C35H60N2O4/c1-24(38)40-32-21-26-13-14-27-28(35(26,4)23-31(32)37(6)19-11-8-12-20-37)15-16-34(3)29(27)22-30(33(34)41-25(2)39)36(5)17-9-7-10-18-36/h26-33H,7-23H2,1-6H3/q+2/t26-,27+,28-,29-,30-,31?,32-,33-,34-,35-/m0/s1. The molecule has 6 fully saturated rings. The zero-order valence-corrected chi connectivity index (χ0v) is 27.2. The van der Waals surface area contributed by atoms with Gasteiger partial charge in [-0.1, -0.05) is 13.8 Å². The number of piperidine rings is 2. The summed E-state index contributed by atoms with van der Waals surface area (Å²) in [6, 6.07) is 0.846. The van der Waals surface area contributed by atoms with E-state index in [1.54, 1.807) is 13.8 Å². The number of esters is 2. The van der Waals surface area contributed by atoms with Crippen molar-refractivity contribution in [2.24, 2.45) is 34.5 Å². The number of fused-ring (bicyclic) bond motifs is 5. The van der Waals surface area contributed by atoms with E-state index in [4.69, 9.17) is 9.47 Å². The third kappa shape index (κ3) is 4.99. The molecule has 6 rings (SSSR count). The fraction of sp³-hybridized carbons (Fsp3) is 0.943. The van der Waals surface area contributed by atoms with Crippen molar-refractivity contribution in [1.29, 1.82) is 0 Å². The molecule has 4 aliphatic carbocycles. The molecule has 41 heavy (non-hydrogen) atoms. The van der Waals surface area contributed by atoms with Crippen molar-refractivity contribution in [3.63, 3.8) is 0 Å². The second kappa shape index (κ2) is 10.8. The van der Waals surface area contributed by atoms with E-state index in [-0.39, 0.29) is 29.6 Å². The third-order valence-electron chi connectivity index (χ3n) is 14.5. The number of quaternary nitrogens is 2. The van der Waals surface area contributed by atoms with Crippen molar-refractivity contribution in [3.05, 3.63) is 0 Å². The predicted octanol–water partition coefficient (Wildman–Crippen LogP) is 6.11. The van der Waals surface area contributed by atoms with Crippen molar-refractivity contribution < 1.29 is 28.0 Å². The number of carbonyl (C=O) groups is 2. The molecule has 0 N–H and O–H groups in total. The molecule has 6 nitrogen and oxygen atoms in total. The first kappa shape index (κ1) is 29.9. The molecule has 1 unspecified atom stereocenters. The van der Waals surface area contributed by atoms with Gasteiger partial charge in [-0.3, -0.25) is 9.59 Å². The third-order valence-corrected chi connectivity index (χ3v) is 14.5. The Morgan fingerprint density at radius 3 is 1.85 bits per heavy atom. The summed E-state index contributed by atoms with van der Waals surface area (Å²) in [5.41, 5.74) is 0.377. The molecular weight excluding hydrogens is 512 g/mol. The van der Waals surface area contributed by atoms with Gasteiger partial charge in [0.1, 0.15) is 12.1 Å². The smallest absolute Gasteiger partial charge is 0.303 e. The first-order chi connectivity index (χ1) is 19.4. The van der Waals surface area contributed by atoms with Gasteiger partial charge in [0, 0.05) is 32.1 Å². The van der Waals surface area contributed by atoms with Gasteiger partial charge in [0.25, 0.3) is 0 Å². The Hall–Kier alpha value is -1.14. The van der Waals surface area contributed by atoms with Crippen LogP contribution in [0, 0.1) is 34.5 Å². The van der Waals surface area contributed by atoms with E-state index in [1.165, 1.54) is 103 Å². The highest BCUT2D eigenvalue weighted by molar-refractivity contribution is 5.66.